The third-order valence-electron chi connectivity index (χ3n) is 2.46. The highest BCUT2D eigenvalue weighted by atomic mass is 32.2. The van der Waals surface area contributed by atoms with Crippen LogP contribution in [0.1, 0.15) is 5.56 Å². The number of benzene rings is 1. The van der Waals surface area contributed by atoms with Gasteiger partial charge < -0.3 is 5.32 Å². The highest BCUT2D eigenvalue weighted by Crippen LogP contribution is 2.10. The summed E-state index contributed by atoms with van der Waals surface area (Å²) < 4.78 is 23.9. The average Bonchev–Trinajstić information content (AvgIpc) is 2.38. The molecule has 1 heterocycles. The first kappa shape index (κ1) is 12.7. The first-order chi connectivity index (χ1) is 8.65. The Morgan fingerprint density at radius 1 is 1.22 bits per heavy atom. The molecule has 18 heavy (non-hydrogen) atoms. The molecule has 0 saturated heterocycles. The molecule has 0 fully saturated rings. The molecular formula is C13H13FN2OS. The summed E-state index contributed by atoms with van der Waals surface area (Å²) in [7, 11) is -0.954. The topological polar surface area (TPSA) is 42.0 Å². The van der Waals surface area contributed by atoms with Gasteiger partial charge in [-0.05, 0) is 29.8 Å². The van der Waals surface area contributed by atoms with Gasteiger partial charge in [0.1, 0.15) is 11.6 Å². The molecule has 0 aliphatic carbocycles. The number of halogens is 1. The largest absolute Gasteiger partial charge is 0.366 e. The minimum absolute atomic E-state index is 0.352. The van der Waals surface area contributed by atoms with Crippen molar-refractivity contribution in [3.8, 4) is 0 Å². The fourth-order valence-corrected chi connectivity index (χ4v) is 1.99. The summed E-state index contributed by atoms with van der Waals surface area (Å²) in [6.07, 6.45) is 2.82. The fraction of sp³-hybridized carbons (Fsp3) is 0.154. The molecular weight excluding hydrogens is 251 g/mol. The van der Waals surface area contributed by atoms with E-state index in [1.807, 2.05) is 24.3 Å². The van der Waals surface area contributed by atoms with Crippen LogP contribution in [0.25, 0.3) is 0 Å². The zero-order valence-electron chi connectivity index (χ0n) is 9.89. The Labute approximate surface area is 108 Å². The molecule has 1 atom stereocenters. The van der Waals surface area contributed by atoms with Crippen molar-refractivity contribution in [2.45, 2.75) is 11.4 Å². The van der Waals surface area contributed by atoms with E-state index in [0.29, 0.717) is 12.4 Å². The van der Waals surface area contributed by atoms with Gasteiger partial charge in [0, 0.05) is 28.5 Å². The van der Waals surface area contributed by atoms with Crippen LogP contribution in [0, 0.1) is 5.82 Å². The van der Waals surface area contributed by atoms with Crippen molar-refractivity contribution in [2.75, 3.05) is 11.6 Å². The van der Waals surface area contributed by atoms with E-state index in [0.717, 1.165) is 10.5 Å². The molecule has 2 aromatic rings. The summed E-state index contributed by atoms with van der Waals surface area (Å²) >= 11 is 0. The average molecular weight is 264 g/mol. The lowest BCUT2D eigenvalue weighted by atomic mass is 10.2. The van der Waals surface area contributed by atoms with Crippen LogP contribution in [0.4, 0.5) is 10.2 Å². The molecule has 1 N–H and O–H groups in total. The molecule has 94 valence electrons. The van der Waals surface area contributed by atoms with Gasteiger partial charge in [-0.2, -0.15) is 0 Å². The van der Waals surface area contributed by atoms with Crippen LogP contribution in [0.15, 0.2) is 47.5 Å². The first-order valence-corrected chi connectivity index (χ1v) is 6.99. The molecule has 0 aliphatic heterocycles. The first-order valence-electron chi connectivity index (χ1n) is 5.43. The number of nitrogens with zero attached hydrogens (tertiary/aromatic N) is 1. The van der Waals surface area contributed by atoms with Crippen LogP contribution in [-0.2, 0) is 17.3 Å². The van der Waals surface area contributed by atoms with Crippen LogP contribution in [0.3, 0.4) is 0 Å². The number of pyridine rings is 1. The molecule has 3 nitrogen and oxygen atoms in total. The van der Waals surface area contributed by atoms with E-state index in [4.69, 9.17) is 0 Å². The number of anilines is 1. The Kier molecular flexibility index (Phi) is 4.04. The summed E-state index contributed by atoms with van der Waals surface area (Å²) in [4.78, 5) is 4.71. The van der Waals surface area contributed by atoms with Crippen molar-refractivity contribution in [3.63, 3.8) is 0 Å². The van der Waals surface area contributed by atoms with Gasteiger partial charge in [-0.1, -0.05) is 12.1 Å². The third-order valence-corrected chi connectivity index (χ3v) is 3.39. The molecule has 2 rings (SSSR count). The molecule has 0 spiro atoms. The van der Waals surface area contributed by atoms with Crippen LogP contribution in [0.5, 0.6) is 0 Å². The lowest BCUT2D eigenvalue weighted by Crippen LogP contribution is -2.01. The summed E-state index contributed by atoms with van der Waals surface area (Å²) in [6, 6.07) is 10.4. The van der Waals surface area contributed by atoms with Crippen molar-refractivity contribution in [1.82, 2.24) is 4.98 Å². The highest BCUT2D eigenvalue weighted by molar-refractivity contribution is 7.84. The Bertz CT molecular complexity index is 540. The predicted molar refractivity (Wildman–Crippen MR) is 70.3 cm³/mol. The molecule has 0 radical (unpaired) electrons. The molecule has 1 aromatic carbocycles. The SMILES string of the molecule is C[S@@](=O)c1ccc(CNc2ccc(F)cn2)cc1. The summed E-state index contributed by atoms with van der Waals surface area (Å²) in [6.45, 7) is 0.593. The van der Waals surface area contributed by atoms with Gasteiger partial charge in [-0.15, -0.1) is 0 Å². The molecule has 0 aliphatic rings. The van der Waals surface area contributed by atoms with E-state index in [-0.39, 0.29) is 5.82 Å². The van der Waals surface area contributed by atoms with Gasteiger partial charge in [0.25, 0.3) is 0 Å². The smallest absolute Gasteiger partial charge is 0.141 e. The van der Waals surface area contributed by atoms with Gasteiger partial charge in [-0.25, -0.2) is 9.37 Å². The number of hydrogen-bond acceptors (Lipinski definition) is 3. The van der Waals surface area contributed by atoms with Gasteiger partial charge >= 0.3 is 0 Å². The summed E-state index contributed by atoms with van der Waals surface area (Å²) in [5, 5.41) is 3.08. The van der Waals surface area contributed by atoms with Crippen molar-refractivity contribution >= 4 is 16.6 Å². The Morgan fingerprint density at radius 3 is 2.50 bits per heavy atom. The van der Waals surface area contributed by atoms with E-state index < -0.39 is 10.8 Å². The van der Waals surface area contributed by atoms with Gasteiger partial charge in [-0.3, -0.25) is 4.21 Å². The van der Waals surface area contributed by atoms with Crippen LogP contribution >= 0.6 is 0 Å². The van der Waals surface area contributed by atoms with Gasteiger partial charge in [0.05, 0.1) is 6.20 Å². The number of hydrogen-bond donors (Lipinski definition) is 1. The fourth-order valence-electron chi connectivity index (χ4n) is 1.47. The zero-order chi connectivity index (χ0) is 13.0. The van der Waals surface area contributed by atoms with Crippen molar-refractivity contribution < 1.29 is 8.60 Å². The minimum atomic E-state index is -0.954. The molecule has 0 bridgehead atoms. The second-order valence-electron chi connectivity index (χ2n) is 3.81. The van der Waals surface area contributed by atoms with E-state index in [1.54, 1.807) is 12.3 Å². The molecule has 1 aromatic heterocycles. The van der Waals surface area contributed by atoms with Crippen LogP contribution in [0.2, 0.25) is 0 Å². The van der Waals surface area contributed by atoms with Crippen molar-refractivity contribution in [2.24, 2.45) is 0 Å². The molecule has 0 saturated carbocycles. The summed E-state index contributed by atoms with van der Waals surface area (Å²) in [5.74, 6) is 0.273. The van der Waals surface area contributed by atoms with E-state index in [1.165, 1.54) is 12.3 Å². The van der Waals surface area contributed by atoms with E-state index in [2.05, 4.69) is 10.3 Å². The maximum absolute atomic E-state index is 12.7. The molecule has 0 amide bonds. The predicted octanol–water partition coefficient (Wildman–Crippen LogP) is 2.57. The number of aromatic nitrogens is 1. The Balaban J connectivity index is 1.97. The van der Waals surface area contributed by atoms with Gasteiger partial charge in [0.15, 0.2) is 0 Å². The number of rotatable bonds is 4. The second-order valence-corrected chi connectivity index (χ2v) is 5.19. The Morgan fingerprint density at radius 2 is 1.94 bits per heavy atom. The molecule has 5 heteroatoms. The van der Waals surface area contributed by atoms with Gasteiger partial charge in [0.2, 0.25) is 0 Å². The van der Waals surface area contributed by atoms with E-state index in [9.17, 15) is 8.60 Å². The lowest BCUT2D eigenvalue weighted by molar-refractivity contribution is 0.621. The zero-order valence-corrected chi connectivity index (χ0v) is 10.7. The maximum Gasteiger partial charge on any atom is 0.141 e. The second kappa shape index (κ2) is 5.73. The van der Waals surface area contributed by atoms with Crippen molar-refractivity contribution in [1.29, 1.82) is 0 Å². The standard InChI is InChI=1S/C13H13FN2OS/c1-18(17)12-5-2-10(3-6-12)8-15-13-7-4-11(14)9-16-13/h2-7,9H,8H2,1H3,(H,15,16)/t18-/m1/s1. The minimum Gasteiger partial charge on any atom is -0.366 e. The normalized spacial score (nSPS) is 12.1. The van der Waals surface area contributed by atoms with Crippen LogP contribution in [-0.4, -0.2) is 15.4 Å². The maximum atomic E-state index is 12.7. The van der Waals surface area contributed by atoms with Crippen LogP contribution < -0.4 is 5.32 Å². The number of nitrogens with one attached hydrogen (secondary N) is 1. The third kappa shape index (κ3) is 3.37. The quantitative estimate of drug-likeness (QED) is 0.923. The summed E-state index contributed by atoms with van der Waals surface area (Å²) in [5.41, 5.74) is 1.05. The lowest BCUT2D eigenvalue weighted by Gasteiger charge is -2.06. The van der Waals surface area contributed by atoms with E-state index >= 15 is 0 Å². The monoisotopic (exact) mass is 264 g/mol. The highest BCUT2D eigenvalue weighted by Gasteiger charge is 1.99. The van der Waals surface area contributed by atoms with Crippen molar-refractivity contribution in [3.05, 3.63) is 54.0 Å². The Hall–Kier alpha value is -1.75. The molecule has 0 unspecified atom stereocenters.